The maximum absolute atomic E-state index is 12.4. The van der Waals surface area contributed by atoms with Gasteiger partial charge in [0.15, 0.2) is 5.17 Å². The van der Waals surface area contributed by atoms with E-state index in [1.165, 1.54) is 11.8 Å². The Balaban J connectivity index is 1.41. The zero-order chi connectivity index (χ0) is 23.4. The molecule has 1 fully saturated rings. The number of hydrogen-bond acceptors (Lipinski definition) is 5. The highest BCUT2D eigenvalue weighted by Gasteiger charge is 2.23. The number of carbonyl (C=O) groups excluding carboxylic acids is 1. The van der Waals surface area contributed by atoms with Gasteiger partial charge in [0.2, 0.25) is 0 Å². The third kappa shape index (κ3) is 5.90. The van der Waals surface area contributed by atoms with Gasteiger partial charge in [-0.25, -0.2) is 9.79 Å². The van der Waals surface area contributed by atoms with Crippen LogP contribution in [0.15, 0.2) is 76.6 Å². The molecule has 1 aliphatic heterocycles. The number of amides is 1. The number of carbonyl (C=O) groups is 2. The van der Waals surface area contributed by atoms with Crippen LogP contribution in [0.4, 0.5) is 5.69 Å². The number of carboxylic acid groups (broad SMARTS) is 1. The monoisotopic (exact) mass is 458 g/mol. The molecule has 33 heavy (non-hydrogen) atoms. The van der Waals surface area contributed by atoms with Crippen molar-refractivity contribution in [3.05, 3.63) is 99.5 Å². The van der Waals surface area contributed by atoms with Gasteiger partial charge in [0.05, 0.1) is 16.2 Å². The van der Waals surface area contributed by atoms with Gasteiger partial charge in [-0.1, -0.05) is 30.3 Å². The second-order valence-corrected chi connectivity index (χ2v) is 8.72. The maximum Gasteiger partial charge on any atom is 0.335 e. The molecule has 0 atom stereocenters. The standard InChI is InChI=1S/C26H22N2O4S/c1-16-10-17(2)12-21(11-16)27-26-28-24(29)23(33-26)14-18-6-8-22(9-7-18)32-15-19-4-3-5-20(13-19)25(30)31/h3-14H,15H2,1-2H3,(H,30,31)(H,27,28,29)/b23-14-. The molecule has 1 aliphatic rings. The minimum absolute atomic E-state index is 0.179. The van der Waals surface area contributed by atoms with Crippen LogP contribution in [0, 0.1) is 13.8 Å². The van der Waals surface area contributed by atoms with E-state index in [4.69, 9.17) is 9.84 Å². The number of aliphatic imine (C=N–C) groups is 1. The first-order valence-electron chi connectivity index (χ1n) is 10.3. The molecule has 3 aromatic carbocycles. The number of ether oxygens (including phenoxy) is 1. The average Bonchev–Trinajstić information content (AvgIpc) is 3.11. The lowest BCUT2D eigenvalue weighted by atomic mass is 10.1. The van der Waals surface area contributed by atoms with Gasteiger partial charge in [-0.05, 0) is 90.3 Å². The number of aromatic carboxylic acids is 1. The molecular weight excluding hydrogens is 436 g/mol. The van der Waals surface area contributed by atoms with Crippen LogP contribution < -0.4 is 10.1 Å². The Morgan fingerprint density at radius 2 is 1.79 bits per heavy atom. The number of rotatable bonds is 6. The van der Waals surface area contributed by atoms with Gasteiger partial charge in [0.1, 0.15) is 12.4 Å². The molecule has 0 unspecified atom stereocenters. The molecule has 7 heteroatoms. The topological polar surface area (TPSA) is 88.0 Å². The highest BCUT2D eigenvalue weighted by Crippen LogP contribution is 2.29. The van der Waals surface area contributed by atoms with Crippen molar-refractivity contribution >= 4 is 40.6 Å². The van der Waals surface area contributed by atoms with Gasteiger partial charge < -0.3 is 15.2 Å². The maximum atomic E-state index is 12.4. The Morgan fingerprint density at radius 1 is 1.06 bits per heavy atom. The zero-order valence-electron chi connectivity index (χ0n) is 18.2. The van der Waals surface area contributed by atoms with E-state index in [-0.39, 0.29) is 18.1 Å². The summed E-state index contributed by atoms with van der Waals surface area (Å²) in [6.45, 7) is 4.30. The number of carboxylic acids is 1. The van der Waals surface area contributed by atoms with Crippen LogP contribution in [-0.4, -0.2) is 22.2 Å². The summed E-state index contributed by atoms with van der Waals surface area (Å²) in [5, 5.41) is 12.5. The predicted molar refractivity (Wildman–Crippen MR) is 131 cm³/mol. The Hall–Kier alpha value is -3.84. The van der Waals surface area contributed by atoms with E-state index in [0.29, 0.717) is 15.8 Å². The summed E-state index contributed by atoms with van der Waals surface area (Å²) in [4.78, 5) is 28.6. The van der Waals surface area contributed by atoms with Crippen LogP contribution >= 0.6 is 11.8 Å². The Labute approximate surface area is 196 Å². The number of amidine groups is 1. The fourth-order valence-electron chi connectivity index (χ4n) is 3.39. The van der Waals surface area contributed by atoms with E-state index >= 15 is 0 Å². The zero-order valence-corrected chi connectivity index (χ0v) is 19.0. The molecule has 0 aliphatic carbocycles. The van der Waals surface area contributed by atoms with Crippen LogP contribution in [0.2, 0.25) is 0 Å². The fraction of sp³-hybridized carbons (Fsp3) is 0.115. The van der Waals surface area contributed by atoms with E-state index in [1.807, 2.05) is 62.4 Å². The summed E-state index contributed by atoms with van der Waals surface area (Å²) < 4.78 is 5.76. The van der Waals surface area contributed by atoms with Gasteiger partial charge in [0.25, 0.3) is 5.91 Å². The van der Waals surface area contributed by atoms with Crippen LogP contribution in [0.5, 0.6) is 5.75 Å². The fourth-order valence-corrected chi connectivity index (χ4v) is 4.23. The molecule has 0 spiro atoms. The molecule has 166 valence electrons. The normalized spacial score (nSPS) is 15.6. The number of hydrogen-bond donors (Lipinski definition) is 2. The SMILES string of the molecule is Cc1cc(C)cc(N=C2NC(=O)/C(=C/c3ccc(OCc4cccc(C(=O)O)c4)cc3)S2)c1. The van der Waals surface area contributed by atoms with Crippen molar-refractivity contribution in [3.8, 4) is 5.75 Å². The number of nitrogens with zero attached hydrogens (tertiary/aromatic N) is 1. The van der Waals surface area contributed by atoms with E-state index < -0.39 is 5.97 Å². The average molecular weight is 459 g/mol. The van der Waals surface area contributed by atoms with Crippen LogP contribution in [-0.2, 0) is 11.4 Å². The van der Waals surface area contributed by atoms with Crippen LogP contribution in [0.25, 0.3) is 6.08 Å². The van der Waals surface area contributed by atoms with Crippen molar-refractivity contribution in [1.29, 1.82) is 0 Å². The summed E-state index contributed by atoms with van der Waals surface area (Å²) >= 11 is 1.31. The second-order valence-electron chi connectivity index (χ2n) is 7.69. The van der Waals surface area contributed by atoms with Gasteiger partial charge in [-0.3, -0.25) is 4.79 Å². The van der Waals surface area contributed by atoms with E-state index in [1.54, 1.807) is 18.2 Å². The number of aryl methyl sites for hydroxylation is 2. The molecule has 0 radical (unpaired) electrons. The molecule has 2 N–H and O–H groups in total. The van der Waals surface area contributed by atoms with Crippen LogP contribution in [0.1, 0.15) is 32.6 Å². The Kier molecular flexibility index (Phi) is 6.60. The Bertz CT molecular complexity index is 1260. The molecule has 0 bridgehead atoms. The van der Waals surface area contributed by atoms with Crippen LogP contribution in [0.3, 0.4) is 0 Å². The number of thioether (sulfide) groups is 1. The molecular formula is C26H22N2O4S. The van der Waals surface area contributed by atoms with Gasteiger partial charge in [-0.15, -0.1) is 0 Å². The smallest absolute Gasteiger partial charge is 0.335 e. The molecule has 1 heterocycles. The lowest BCUT2D eigenvalue weighted by Crippen LogP contribution is -2.19. The molecule has 4 rings (SSSR count). The van der Waals surface area contributed by atoms with Crippen molar-refractivity contribution in [1.82, 2.24) is 5.32 Å². The summed E-state index contributed by atoms with van der Waals surface area (Å²) in [6.07, 6.45) is 1.81. The quantitative estimate of drug-likeness (QED) is 0.478. The molecule has 1 amide bonds. The number of nitrogens with one attached hydrogen (secondary N) is 1. The summed E-state index contributed by atoms with van der Waals surface area (Å²) in [6, 6.07) is 20.0. The molecule has 3 aromatic rings. The second kappa shape index (κ2) is 9.75. The predicted octanol–water partition coefficient (Wildman–Crippen LogP) is 5.47. The van der Waals surface area contributed by atoms with Crippen molar-refractivity contribution in [3.63, 3.8) is 0 Å². The molecule has 6 nitrogen and oxygen atoms in total. The molecule has 0 aromatic heterocycles. The first-order chi connectivity index (χ1) is 15.9. The van der Waals surface area contributed by atoms with Crippen molar-refractivity contribution < 1.29 is 19.4 Å². The summed E-state index contributed by atoms with van der Waals surface area (Å²) in [7, 11) is 0. The van der Waals surface area contributed by atoms with Gasteiger partial charge in [0, 0.05) is 0 Å². The van der Waals surface area contributed by atoms with Gasteiger partial charge >= 0.3 is 5.97 Å². The minimum Gasteiger partial charge on any atom is -0.489 e. The van der Waals surface area contributed by atoms with Gasteiger partial charge in [-0.2, -0.15) is 0 Å². The first-order valence-corrected chi connectivity index (χ1v) is 11.1. The lowest BCUT2D eigenvalue weighted by Gasteiger charge is -2.07. The molecule has 1 saturated heterocycles. The highest BCUT2D eigenvalue weighted by molar-refractivity contribution is 8.18. The van der Waals surface area contributed by atoms with Crippen molar-refractivity contribution in [2.24, 2.45) is 4.99 Å². The highest BCUT2D eigenvalue weighted by atomic mass is 32.2. The summed E-state index contributed by atoms with van der Waals surface area (Å²) in [5.41, 5.74) is 4.92. The van der Waals surface area contributed by atoms with Crippen molar-refractivity contribution in [2.45, 2.75) is 20.5 Å². The lowest BCUT2D eigenvalue weighted by molar-refractivity contribution is -0.115. The third-order valence-electron chi connectivity index (χ3n) is 4.85. The van der Waals surface area contributed by atoms with Crippen molar-refractivity contribution in [2.75, 3.05) is 0 Å². The van der Waals surface area contributed by atoms with E-state index in [2.05, 4.69) is 16.4 Å². The largest absolute Gasteiger partial charge is 0.489 e. The third-order valence-corrected chi connectivity index (χ3v) is 5.76. The molecule has 0 saturated carbocycles. The van der Waals surface area contributed by atoms with E-state index in [9.17, 15) is 9.59 Å². The Morgan fingerprint density at radius 3 is 2.48 bits per heavy atom. The van der Waals surface area contributed by atoms with E-state index in [0.717, 1.165) is 27.9 Å². The summed E-state index contributed by atoms with van der Waals surface area (Å²) in [5.74, 6) is -0.495. The number of benzene rings is 3. The minimum atomic E-state index is -0.967. The first kappa shape index (κ1) is 22.4.